The molecule has 1 aliphatic heterocycles. The van der Waals surface area contributed by atoms with Crippen molar-refractivity contribution in [3.05, 3.63) is 60.4 Å². The summed E-state index contributed by atoms with van der Waals surface area (Å²) >= 11 is 0. The molecule has 5 rings (SSSR count). The van der Waals surface area contributed by atoms with Crippen LogP contribution < -0.4 is 4.74 Å². The second kappa shape index (κ2) is 8.62. The molecule has 1 fully saturated rings. The topological polar surface area (TPSA) is 67.0 Å². The summed E-state index contributed by atoms with van der Waals surface area (Å²) in [6, 6.07) is 5.66. The minimum Gasteiger partial charge on any atom is -0.432 e. The van der Waals surface area contributed by atoms with Crippen molar-refractivity contribution in [2.24, 2.45) is 0 Å². The number of hydrogen-bond donors (Lipinski definition) is 0. The molecule has 0 amide bonds. The number of alkyl halides is 2. The molecule has 0 bridgehead atoms. The van der Waals surface area contributed by atoms with Crippen LogP contribution in [-0.2, 0) is 11.3 Å². The Morgan fingerprint density at radius 2 is 2.00 bits per heavy atom. The van der Waals surface area contributed by atoms with Crippen LogP contribution in [0.25, 0.3) is 22.2 Å². The summed E-state index contributed by atoms with van der Waals surface area (Å²) in [6.45, 7) is -1.89. The fraction of sp³-hybridized carbons (Fsp3) is 0.318. The third-order valence-electron chi connectivity index (χ3n) is 5.41. The number of benzene rings is 1. The third-order valence-corrected chi connectivity index (χ3v) is 5.41. The van der Waals surface area contributed by atoms with Gasteiger partial charge in [0.25, 0.3) is 0 Å². The molecule has 0 radical (unpaired) electrons. The van der Waals surface area contributed by atoms with E-state index < -0.39 is 18.2 Å². The van der Waals surface area contributed by atoms with Crippen molar-refractivity contribution in [3.63, 3.8) is 0 Å². The highest BCUT2D eigenvalue weighted by Crippen LogP contribution is 2.29. The van der Waals surface area contributed by atoms with Crippen LogP contribution in [0, 0.1) is 5.82 Å². The fourth-order valence-electron chi connectivity index (χ4n) is 3.83. The average molecular weight is 443 g/mol. The van der Waals surface area contributed by atoms with Gasteiger partial charge in [-0.2, -0.15) is 19.0 Å². The summed E-state index contributed by atoms with van der Waals surface area (Å²) in [7, 11) is 0. The predicted octanol–water partition coefficient (Wildman–Crippen LogP) is 4.78. The first-order valence-corrected chi connectivity index (χ1v) is 10.3. The molecule has 1 atom stereocenters. The van der Waals surface area contributed by atoms with Crippen LogP contribution in [0.2, 0.25) is 0 Å². The Balaban J connectivity index is 1.42. The van der Waals surface area contributed by atoms with Crippen LogP contribution in [0.3, 0.4) is 0 Å². The SMILES string of the molecule is Fc1ccc(-c2cnc3cnn(Cc4cnn(C5CCCCO5)c4)c3c2)cc1OC(F)F. The molecular formula is C22H20F3N5O2. The van der Waals surface area contributed by atoms with Crippen LogP contribution in [-0.4, -0.2) is 37.8 Å². The number of ether oxygens (including phenoxy) is 2. The molecule has 166 valence electrons. The first kappa shape index (κ1) is 20.5. The first-order valence-electron chi connectivity index (χ1n) is 10.3. The van der Waals surface area contributed by atoms with Gasteiger partial charge in [0.1, 0.15) is 11.7 Å². The Hall–Kier alpha value is -3.40. The lowest BCUT2D eigenvalue weighted by molar-refractivity contribution is -0.0521. The van der Waals surface area contributed by atoms with E-state index in [1.54, 1.807) is 23.3 Å². The molecule has 1 unspecified atom stereocenters. The number of hydrogen-bond acceptors (Lipinski definition) is 5. The number of nitrogens with zero attached hydrogens (tertiary/aromatic N) is 5. The Labute approximate surface area is 181 Å². The smallest absolute Gasteiger partial charge is 0.387 e. The Morgan fingerprint density at radius 1 is 1.09 bits per heavy atom. The van der Waals surface area contributed by atoms with Crippen LogP contribution >= 0.6 is 0 Å². The van der Waals surface area contributed by atoms with Crippen LogP contribution in [0.15, 0.2) is 49.1 Å². The molecule has 0 saturated carbocycles. The van der Waals surface area contributed by atoms with Gasteiger partial charge >= 0.3 is 6.61 Å². The molecule has 4 aromatic rings. The maximum absolute atomic E-state index is 13.8. The minimum atomic E-state index is -3.11. The first-order chi connectivity index (χ1) is 15.6. The quantitative estimate of drug-likeness (QED) is 0.429. The van der Waals surface area contributed by atoms with E-state index in [4.69, 9.17) is 4.74 Å². The minimum absolute atomic E-state index is 0.0386. The standard InChI is InChI=1S/C22H20F3N5O2/c23-17-5-4-15(8-20(17)32-22(24)25)16-7-19-18(26-10-16)11-28-29(19)12-14-9-27-30(13-14)21-3-1-2-6-31-21/h4-5,7-11,13,21-22H,1-3,6,12H2. The van der Waals surface area contributed by atoms with Gasteiger partial charge in [-0.1, -0.05) is 6.07 Å². The largest absolute Gasteiger partial charge is 0.432 e. The highest BCUT2D eigenvalue weighted by atomic mass is 19.3. The molecule has 1 aliphatic rings. The third kappa shape index (κ3) is 4.18. The zero-order valence-corrected chi connectivity index (χ0v) is 17.0. The van der Waals surface area contributed by atoms with Gasteiger partial charge < -0.3 is 9.47 Å². The molecule has 10 heteroatoms. The van der Waals surface area contributed by atoms with Gasteiger partial charge in [-0.25, -0.2) is 9.07 Å². The second-order valence-electron chi connectivity index (χ2n) is 7.60. The van der Waals surface area contributed by atoms with E-state index in [1.807, 2.05) is 16.9 Å². The Morgan fingerprint density at radius 3 is 2.81 bits per heavy atom. The van der Waals surface area contributed by atoms with Gasteiger partial charge in [0.05, 0.1) is 24.5 Å². The molecule has 4 heterocycles. The highest BCUT2D eigenvalue weighted by molar-refractivity contribution is 5.80. The Bertz CT molecular complexity index is 1230. The molecule has 1 aromatic carbocycles. The summed E-state index contributed by atoms with van der Waals surface area (Å²) in [5.41, 5.74) is 3.54. The normalized spacial score (nSPS) is 16.7. The number of halogens is 3. The number of aromatic nitrogens is 5. The molecular weight excluding hydrogens is 423 g/mol. The zero-order chi connectivity index (χ0) is 22.1. The number of pyridine rings is 1. The molecule has 0 spiro atoms. The van der Waals surface area contributed by atoms with Gasteiger partial charge in [0, 0.05) is 30.1 Å². The van der Waals surface area contributed by atoms with Gasteiger partial charge in [0.15, 0.2) is 11.6 Å². The average Bonchev–Trinajstić information content (AvgIpc) is 3.43. The van der Waals surface area contributed by atoms with E-state index >= 15 is 0 Å². The Kier molecular flexibility index (Phi) is 5.52. The van der Waals surface area contributed by atoms with Crippen molar-refractivity contribution in [1.29, 1.82) is 0 Å². The molecule has 3 aromatic heterocycles. The van der Waals surface area contributed by atoms with Crippen LogP contribution in [0.4, 0.5) is 13.2 Å². The van der Waals surface area contributed by atoms with Crippen LogP contribution in [0.5, 0.6) is 5.75 Å². The number of rotatable bonds is 6. The lowest BCUT2D eigenvalue weighted by atomic mass is 10.1. The summed E-state index contributed by atoms with van der Waals surface area (Å²) in [5.74, 6) is -1.37. The van der Waals surface area contributed by atoms with Crippen molar-refractivity contribution in [3.8, 4) is 16.9 Å². The van der Waals surface area contributed by atoms with E-state index in [0.717, 1.165) is 43.0 Å². The van der Waals surface area contributed by atoms with Gasteiger partial charge in [-0.05, 0) is 43.0 Å². The van der Waals surface area contributed by atoms with Gasteiger partial charge in [0.2, 0.25) is 0 Å². The summed E-state index contributed by atoms with van der Waals surface area (Å²) in [6.07, 6.45) is 10.1. The number of fused-ring (bicyclic) bond motifs is 1. The van der Waals surface area contributed by atoms with Crippen molar-refractivity contribution in [2.75, 3.05) is 6.61 Å². The van der Waals surface area contributed by atoms with Gasteiger partial charge in [-0.3, -0.25) is 9.67 Å². The second-order valence-corrected chi connectivity index (χ2v) is 7.60. The van der Waals surface area contributed by atoms with E-state index in [2.05, 4.69) is 19.9 Å². The van der Waals surface area contributed by atoms with Crippen LogP contribution in [0.1, 0.15) is 31.1 Å². The van der Waals surface area contributed by atoms with Crippen molar-refractivity contribution < 1.29 is 22.6 Å². The molecule has 32 heavy (non-hydrogen) atoms. The van der Waals surface area contributed by atoms with E-state index in [9.17, 15) is 13.2 Å². The van der Waals surface area contributed by atoms with Gasteiger partial charge in [-0.15, -0.1) is 0 Å². The zero-order valence-electron chi connectivity index (χ0n) is 17.0. The van der Waals surface area contributed by atoms with Crippen molar-refractivity contribution in [1.82, 2.24) is 24.5 Å². The van der Waals surface area contributed by atoms with E-state index in [0.29, 0.717) is 23.2 Å². The van der Waals surface area contributed by atoms with E-state index in [-0.39, 0.29) is 6.23 Å². The maximum Gasteiger partial charge on any atom is 0.387 e. The molecule has 7 nitrogen and oxygen atoms in total. The summed E-state index contributed by atoms with van der Waals surface area (Å²) in [4.78, 5) is 4.40. The molecule has 1 saturated heterocycles. The monoisotopic (exact) mass is 443 g/mol. The highest BCUT2D eigenvalue weighted by Gasteiger charge is 2.17. The summed E-state index contributed by atoms with van der Waals surface area (Å²) < 4.78 is 52.6. The molecule has 0 N–H and O–H groups in total. The lowest BCUT2D eigenvalue weighted by Crippen LogP contribution is -2.18. The molecule has 0 aliphatic carbocycles. The summed E-state index contributed by atoms with van der Waals surface area (Å²) in [5, 5.41) is 8.85. The maximum atomic E-state index is 13.8. The van der Waals surface area contributed by atoms with E-state index in [1.165, 1.54) is 12.1 Å². The van der Waals surface area contributed by atoms with Crippen molar-refractivity contribution >= 4 is 11.0 Å². The lowest BCUT2D eigenvalue weighted by Gasteiger charge is -2.22. The van der Waals surface area contributed by atoms with Crippen molar-refractivity contribution in [2.45, 2.75) is 38.6 Å². The fourth-order valence-corrected chi connectivity index (χ4v) is 3.83. The predicted molar refractivity (Wildman–Crippen MR) is 110 cm³/mol.